The van der Waals surface area contributed by atoms with Gasteiger partial charge in [-0.25, -0.2) is 4.68 Å². The van der Waals surface area contributed by atoms with E-state index in [1.54, 1.807) is 0 Å². The topological polar surface area (TPSA) is 56.2 Å². The molecule has 1 aliphatic rings. The number of hydrogen-bond donors (Lipinski definition) is 1. The van der Waals surface area contributed by atoms with Gasteiger partial charge in [-0.3, -0.25) is 4.79 Å². The molecule has 0 aliphatic carbocycles. The van der Waals surface area contributed by atoms with Crippen molar-refractivity contribution in [2.45, 2.75) is 39.3 Å². The summed E-state index contributed by atoms with van der Waals surface area (Å²) in [6.45, 7) is 4.24. The first kappa shape index (κ1) is 11.1. The average molecular weight is 223 g/mol. The maximum atomic E-state index is 10.9. The second-order valence-electron chi connectivity index (χ2n) is 4.12. The van der Waals surface area contributed by atoms with Crippen LogP contribution in [-0.2, 0) is 9.53 Å². The van der Waals surface area contributed by atoms with Crippen LogP contribution < -0.4 is 5.32 Å². The highest BCUT2D eigenvalue weighted by molar-refractivity contribution is 5.87. The van der Waals surface area contributed by atoms with Gasteiger partial charge in [0, 0.05) is 25.3 Å². The highest BCUT2D eigenvalue weighted by Gasteiger charge is 2.18. The minimum atomic E-state index is -0.103. The van der Waals surface area contributed by atoms with Crippen molar-refractivity contribution in [3.63, 3.8) is 0 Å². The van der Waals surface area contributed by atoms with Crippen LogP contribution in [0.25, 0.3) is 0 Å². The predicted molar refractivity (Wildman–Crippen MR) is 60.1 cm³/mol. The van der Waals surface area contributed by atoms with Gasteiger partial charge in [0.1, 0.15) is 0 Å². The van der Waals surface area contributed by atoms with Crippen molar-refractivity contribution in [1.29, 1.82) is 0 Å². The number of aromatic nitrogens is 2. The predicted octanol–water partition coefficient (Wildman–Crippen LogP) is 1.85. The van der Waals surface area contributed by atoms with Crippen molar-refractivity contribution >= 4 is 11.7 Å². The number of carbonyl (C=O) groups is 1. The first-order valence-corrected chi connectivity index (χ1v) is 5.62. The van der Waals surface area contributed by atoms with Gasteiger partial charge in [-0.2, -0.15) is 5.10 Å². The first-order chi connectivity index (χ1) is 7.66. The summed E-state index contributed by atoms with van der Waals surface area (Å²) in [4.78, 5) is 10.9. The first-order valence-electron chi connectivity index (χ1n) is 5.62. The van der Waals surface area contributed by atoms with Crippen LogP contribution in [0.5, 0.6) is 0 Å². The van der Waals surface area contributed by atoms with E-state index in [9.17, 15) is 4.79 Å². The van der Waals surface area contributed by atoms with Crippen LogP contribution in [0.1, 0.15) is 38.1 Å². The molecule has 5 heteroatoms. The Kier molecular flexibility index (Phi) is 3.24. The Morgan fingerprint density at radius 1 is 1.62 bits per heavy atom. The molecule has 1 fully saturated rings. The number of anilines is 1. The molecule has 0 saturated carbocycles. The number of ether oxygens (including phenoxy) is 1. The highest BCUT2D eigenvalue weighted by atomic mass is 16.5. The van der Waals surface area contributed by atoms with Crippen LogP contribution in [0.4, 0.5) is 5.82 Å². The number of nitrogens with one attached hydrogen (secondary N) is 1. The molecule has 1 aromatic rings. The summed E-state index contributed by atoms with van der Waals surface area (Å²) in [5, 5.41) is 7.01. The molecule has 1 aromatic heterocycles. The number of rotatable bonds is 2. The zero-order valence-corrected chi connectivity index (χ0v) is 9.69. The Labute approximate surface area is 94.8 Å². The summed E-state index contributed by atoms with van der Waals surface area (Å²) in [6.07, 6.45) is 3.30. The number of nitrogens with zero attached hydrogens (tertiary/aromatic N) is 2. The fraction of sp³-hybridized carbons (Fsp3) is 0.636. The molecule has 1 unspecified atom stereocenters. The van der Waals surface area contributed by atoms with Gasteiger partial charge < -0.3 is 10.1 Å². The van der Waals surface area contributed by atoms with Crippen LogP contribution in [0, 0.1) is 6.92 Å². The van der Waals surface area contributed by atoms with Crippen LogP contribution >= 0.6 is 0 Å². The lowest BCUT2D eigenvalue weighted by Gasteiger charge is -2.23. The number of amides is 1. The van der Waals surface area contributed by atoms with Crippen molar-refractivity contribution in [2.24, 2.45) is 0 Å². The van der Waals surface area contributed by atoms with Crippen LogP contribution in [0.15, 0.2) is 6.07 Å². The molecule has 0 aromatic carbocycles. The number of carbonyl (C=O) groups excluding carboxylic acids is 1. The fourth-order valence-electron chi connectivity index (χ4n) is 1.94. The van der Waals surface area contributed by atoms with Gasteiger partial charge in [0.05, 0.1) is 0 Å². The Morgan fingerprint density at radius 3 is 3.06 bits per heavy atom. The quantitative estimate of drug-likeness (QED) is 0.832. The van der Waals surface area contributed by atoms with E-state index in [0.717, 1.165) is 25.1 Å². The summed E-state index contributed by atoms with van der Waals surface area (Å²) < 4.78 is 7.50. The van der Waals surface area contributed by atoms with Gasteiger partial charge in [0.15, 0.2) is 12.0 Å². The molecule has 0 bridgehead atoms. The third-order valence-electron chi connectivity index (χ3n) is 2.65. The molecule has 1 amide bonds. The van der Waals surface area contributed by atoms with Gasteiger partial charge in [0.2, 0.25) is 5.91 Å². The van der Waals surface area contributed by atoms with E-state index in [2.05, 4.69) is 10.4 Å². The standard InChI is InChI=1S/C11H17N3O2/c1-8-7-10(12-9(2)15)13-14(8)11-5-3-4-6-16-11/h7,11H,3-6H2,1-2H3,(H,12,13,15). The normalized spacial score (nSPS) is 20.8. The minimum absolute atomic E-state index is 0.0243. The van der Waals surface area contributed by atoms with Gasteiger partial charge >= 0.3 is 0 Å². The lowest BCUT2D eigenvalue weighted by molar-refractivity contribution is -0.114. The molecule has 16 heavy (non-hydrogen) atoms. The van der Waals surface area contributed by atoms with Crippen molar-refractivity contribution < 1.29 is 9.53 Å². The summed E-state index contributed by atoms with van der Waals surface area (Å²) in [6, 6.07) is 1.86. The van der Waals surface area contributed by atoms with Crippen molar-refractivity contribution in [3.8, 4) is 0 Å². The van der Waals surface area contributed by atoms with Crippen LogP contribution in [0.3, 0.4) is 0 Å². The zero-order chi connectivity index (χ0) is 11.5. The molecule has 88 valence electrons. The molecule has 2 heterocycles. The zero-order valence-electron chi connectivity index (χ0n) is 9.69. The average Bonchev–Trinajstić information content (AvgIpc) is 2.60. The molecule has 1 saturated heterocycles. The molecule has 1 atom stereocenters. The van der Waals surface area contributed by atoms with E-state index < -0.39 is 0 Å². The smallest absolute Gasteiger partial charge is 0.222 e. The molecule has 0 radical (unpaired) electrons. The maximum absolute atomic E-state index is 10.9. The van der Waals surface area contributed by atoms with E-state index >= 15 is 0 Å². The van der Waals surface area contributed by atoms with E-state index in [4.69, 9.17) is 4.74 Å². The monoisotopic (exact) mass is 223 g/mol. The van der Waals surface area contributed by atoms with Crippen LogP contribution in [-0.4, -0.2) is 22.3 Å². The summed E-state index contributed by atoms with van der Waals surface area (Å²) >= 11 is 0. The number of aryl methyl sites for hydroxylation is 1. The van der Waals surface area contributed by atoms with Gasteiger partial charge in [-0.1, -0.05) is 0 Å². The minimum Gasteiger partial charge on any atom is -0.357 e. The van der Waals surface area contributed by atoms with Gasteiger partial charge in [-0.15, -0.1) is 0 Å². The van der Waals surface area contributed by atoms with Gasteiger partial charge in [-0.05, 0) is 26.2 Å². The molecule has 1 aliphatic heterocycles. The highest BCUT2D eigenvalue weighted by Crippen LogP contribution is 2.24. The van der Waals surface area contributed by atoms with E-state index in [0.29, 0.717) is 5.82 Å². The van der Waals surface area contributed by atoms with Crippen molar-refractivity contribution in [1.82, 2.24) is 9.78 Å². The van der Waals surface area contributed by atoms with E-state index in [1.807, 2.05) is 17.7 Å². The molecular weight excluding hydrogens is 206 g/mol. The lowest BCUT2D eigenvalue weighted by Crippen LogP contribution is -2.20. The second-order valence-corrected chi connectivity index (χ2v) is 4.12. The summed E-state index contributed by atoms with van der Waals surface area (Å²) in [5.41, 5.74) is 1.01. The summed E-state index contributed by atoms with van der Waals surface area (Å²) in [5.74, 6) is 0.494. The molecular formula is C11H17N3O2. The Morgan fingerprint density at radius 2 is 2.44 bits per heavy atom. The Hall–Kier alpha value is -1.36. The Balaban J connectivity index is 2.13. The molecule has 1 N–H and O–H groups in total. The molecule has 5 nitrogen and oxygen atoms in total. The van der Waals surface area contributed by atoms with E-state index in [1.165, 1.54) is 13.3 Å². The fourth-order valence-corrected chi connectivity index (χ4v) is 1.94. The van der Waals surface area contributed by atoms with E-state index in [-0.39, 0.29) is 12.1 Å². The van der Waals surface area contributed by atoms with Crippen molar-refractivity contribution in [3.05, 3.63) is 11.8 Å². The molecule has 0 spiro atoms. The Bertz CT molecular complexity index is 381. The van der Waals surface area contributed by atoms with Crippen LogP contribution in [0.2, 0.25) is 0 Å². The summed E-state index contributed by atoms with van der Waals surface area (Å²) in [7, 11) is 0. The molecule has 2 rings (SSSR count). The number of hydrogen-bond acceptors (Lipinski definition) is 3. The second kappa shape index (κ2) is 4.65. The van der Waals surface area contributed by atoms with Gasteiger partial charge in [0.25, 0.3) is 0 Å². The third kappa shape index (κ3) is 2.41. The SMILES string of the molecule is CC(=O)Nc1cc(C)n(C2CCCCO2)n1. The third-order valence-corrected chi connectivity index (χ3v) is 2.65. The largest absolute Gasteiger partial charge is 0.357 e. The maximum Gasteiger partial charge on any atom is 0.222 e. The lowest BCUT2D eigenvalue weighted by atomic mass is 10.2. The van der Waals surface area contributed by atoms with Crippen molar-refractivity contribution in [2.75, 3.05) is 11.9 Å².